The van der Waals surface area contributed by atoms with E-state index in [0.717, 1.165) is 24.0 Å². The Morgan fingerprint density at radius 1 is 0.929 bits per heavy atom. The summed E-state index contributed by atoms with van der Waals surface area (Å²) in [7, 11) is 0. The number of nitrogens with zero attached hydrogens (tertiary/aromatic N) is 1. The summed E-state index contributed by atoms with van der Waals surface area (Å²) in [6, 6.07) is 12.9. The zero-order valence-corrected chi connectivity index (χ0v) is 16.9. The Hall–Kier alpha value is -2.88. The molecule has 0 radical (unpaired) electrons. The lowest BCUT2D eigenvalue weighted by atomic mass is 9.63. The molecule has 1 aliphatic rings. The number of rotatable bonds is 4. The maximum atomic E-state index is 11.0. The van der Waals surface area contributed by atoms with Crippen molar-refractivity contribution in [3.8, 4) is 0 Å². The number of fused-ring (bicyclic) bond motifs is 1. The van der Waals surface area contributed by atoms with Crippen molar-refractivity contribution in [3.05, 3.63) is 76.4 Å². The van der Waals surface area contributed by atoms with Gasteiger partial charge in [0, 0.05) is 5.56 Å². The third-order valence-electron chi connectivity index (χ3n) is 5.85. The van der Waals surface area contributed by atoms with Gasteiger partial charge in [-0.1, -0.05) is 63.2 Å². The summed E-state index contributed by atoms with van der Waals surface area (Å²) in [6.07, 6.45) is 5.83. The maximum absolute atomic E-state index is 11.0. The molecule has 4 nitrogen and oxygen atoms in total. The Bertz CT molecular complexity index is 950. The molecule has 0 bridgehead atoms. The van der Waals surface area contributed by atoms with E-state index in [1.807, 2.05) is 12.1 Å². The number of hydrogen-bond acceptors (Lipinski definition) is 3. The van der Waals surface area contributed by atoms with Crippen LogP contribution in [0.2, 0.25) is 0 Å². The normalized spacial score (nSPS) is 18.1. The summed E-state index contributed by atoms with van der Waals surface area (Å²) < 4.78 is 0. The summed E-state index contributed by atoms with van der Waals surface area (Å²) in [4.78, 5) is 11.0. The van der Waals surface area contributed by atoms with Gasteiger partial charge >= 0.3 is 5.97 Å². The first-order valence-corrected chi connectivity index (χ1v) is 9.53. The molecule has 1 aliphatic carbocycles. The number of carboxylic acid groups (broad SMARTS) is 1. The molecule has 4 heteroatoms. The van der Waals surface area contributed by atoms with Crippen LogP contribution in [0.15, 0.2) is 53.7 Å². The lowest BCUT2D eigenvalue weighted by molar-refractivity contribution is 0.0697. The number of allylic oxidation sites excluding steroid dienone is 1. The molecule has 0 aliphatic heterocycles. The first-order valence-electron chi connectivity index (χ1n) is 9.53. The summed E-state index contributed by atoms with van der Waals surface area (Å²) >= 11 is 0. The van der Waals surface area contributed by atoms with Crippen molar-refractivity contribution in [2.45, 2.75) is 51.4 Å². The van der Waals surface area contributed by atoms with Gasteiger partial charge in [-0.25, -0.2) is 4.79 Å². The van der Waals surface area contributed by atoms with E-state index < -0.39 is 5.97 Å². The number of oxime groups is 1. The molecule has 2 N–H and O–H groups in total. The third-order valence-corrected chi connectivity index (χ3v) is 5.85. The second-order valence-corrected chi connectivity index (χ2v) is 8.77. The molecule has 146 valence electrons. The first kappa shape index (κ1) is 19.9. The van der Waals surface area contributed by atoms with Crippen LogP contribution in [-0.4, -0.2) is 22.0 Å². The van der Waals surface area contributed by atoms with Crippen LogP contribution in [0.5, 0.6) is 0 Å². The van der Waals surface area contributed by atoms with Gasteiger partial charge in [-0.05, 0) is 64.6 Å². The van der Waals surface area contributed by atoms with Crippen molar-refractivity contribution < 1.29 is 15.1 Å². The summed E-state index contributed by atoms with van der Waals surface area (Å²) in [5, 5.41) is 22.0. The molecule has 2 aromatic rings. The lowest BCUT2D eigenvalue weighted by Gasteiger charge is -2.42. The summed E-state index contributed by atoms with van der Waals surface area (Å²) in [5.74, 6) is -0.951. The van der Waals surface area contributed by atoms with Crippen molar-refractivity contribution in [2.75, 3.05) is 0 Å². The Kier molecular flexibility index (Phi) is 5.16. The van der Waals surface area contributed by atoms with E-state index in [1.54, 1.807) is 30.3 Å². The Morgan fingerprint density at radius 3 is 2.07 bits per heavy atom. The summed E-state index contributed by atoms with van der Waals surface area (Å²) in [6.45, 7) is 9.09. The average molecular weight is 377 g/mol. The van der Waals surface area contributed by atoms with E-state index in [-0.39, 0.29) is 16.4 Å². The quantitative estimate of drug-likeness (QED) is 0.412. The predicted octanol–water partition coefficient (Wildman–Crippen LogP) is 5.63. The molecule has 0 spiro atoms. The topological polar surface area (TPSA) is 69.9 Å². The van der Waals surface area contributed by atoms with Crippen molar-refractivity contribution in [1.29, 1.82) is 0 Å². The zero-order chi connectivity index (χ0) is 20.5. The minimum Gasteiger partial charge on any atom is -0.478 e. The van der Waals surface area contributed by atoms with Crippen molar-refractivity contribution >= 4 is 17.8 Å². The number of carbonyl (C=O) groups is 1. The van der Waals surface area contributed by atoms with E-state index in [0.29, 0.717) is 5.71 Å². The van der Waals surface area contributed by atoms with E-state index in [4.69, 9.17) is 5.11 Å². The molecule has 28 heavy (non-hydrogen) atoms. The van der Waals surface area contributed by atoms with Gasteiger partial charge in [0.05, 0.1) is 5.56 Å². The highest BCUT2D eigenvalue weighted by Gasteiger charge is 2.37. The van der Waals surface area contributed by atoms with Crippen LogP contribution in [0.1, 0.15) is 73.1 Å². The largest absolute Gasteiger partial charge is 0.478 e. The summed E-state index contributed by atoms with van der Waals surface area (Å²) in [5.41, 5.74) is 5.31. The number of benzene rings is 2. The highest BCUT2D eigenvalue weighted by atomic mass is 16.4. The molecule has 0 saturated heterocycles. The fourth-order valence-electron chi connectivity index (χ4n) is 3.85. The molecular formula is C24H27NO3. The fourth-order valence-corrected chi connectivity index (χ4v) is 3.85. The second-order valence-electron chi connectivity index (χ2n) is 8.77. The molecule has 0 amide bonds. The molecule has 2 aromatic carbocycles. The highest BCUT2D eigenvalue weighted by molar-refractivity contribution is 6.10. The fraction of sp³-hybridized carbons (Fsp3) is 0.333. The van der Waals surface area contributed by atoms with Crippen molar-refractivity contribution in [3.63, 3.8) is 0 Å². The Labute approximate surface area is 166 Å². The number of aromatic carboxylic acids is 1. The molecule has 0 heterocycles. The lowest BCUT2D eigenvalue weighted by Crippen LogP contribution is -2.34. The smallest absolute Gasteiger partial charge is 0.335 e. The van der Waals surface area contributed by atoms with Crippen LogP contribution in [0.25, 0.3) is 6.08 Å². The van der Waals surface area contributed by atoms with Gasteiger partial charge in [-0.15, -0.1) is 0 Å². The van der Waals surface area contributed by atoms with Gasteiger partial charge < -0.3 is 10.3 Å². The maximum Gasteiger partial charge on any atom is 0.335 e. The van der Waals surface area contributed by atoms with Gasteiger partial charge in [0.1, 0.15) is 5.71 Å². The predicted molar refractivity (Wildman–Crippen MR) is 112 cm³/mol. The average Bonchev–Trinajstić information content (AvgIpc) is 2.66. The minimum atomic E-state index is -0.951. The Balaban J connectivity index is 1.92. The van der Waals surface area contributed by atoms with Gasteiger partial charge in [0.2, 0.25) is 0 Å². The van der Waals surface area contributed by atoms with E-state index in [2.05, 4.69) is 45.0 Å². The molecule has 3 rings (SSSR count). The van der Waals surface area contributed by atoms with Gasteiger partial charge in [-0.2, -0.15) is 0 Å². The first-order chi connectivity index (χ1) is 13.1. The van der Waals surface area contributed by atoms with Crippen LogP contribution >= 0.6 is 0 Å². The van der Waals surface area contributed by atoms with Crippen LogP contribution in [0.4, 0.5) is 0 Å². The van der Waals surface area contributed by atoms with Crippen LogP contribution in [0, 0.1) is 0 Å². The third kappa shape index (κ3) is 3.86. The van der Waals surface area contributed by atoms with E-state index in [1.165, 1.54) is 11.1 Å². The minimum absolute atomic E-state index is 0.0812. The monoisotopic (exact) mass is 377 g/mol. The van der Waals surface area contributed by atoms with E-state index >= 15 is 0 Å². The van der Waals surface area contributed by atoms with Crippen molar-refractivity contribution in [1.82, 2.24) is 0 Å². The molecule has 0 atom stereocenters. The van der Waals surface area contributed by atoms with Gasteiger partial charge in [-0.3, -0.25) is 0 Å². The van der Waals surface area contributed by atoms with Crippen molar-refractivity contribution in [2.24, 2.45) is 5.16 Å². The number of hydrogen-bond donors (Lipinski definition) is 2. The van der Waals surface area contributed by atoms with Crippen LogP contribution < -0.4 is 0 Å². The molecule has 0 saturated carbocycles. The molecule has 0 aromatic heterocycles. The standard InChI is InChI=1S/C24H27NO3/c1-23(2)13-14-24(3,4)20-15-18(10-11-19(20)23)21(25-28)12-7-16-5-8-17(9-6-16)22(26)27/h5-12,15,28H,13-14H2,1-4H3,(H,26,27)/b12-7+,25-21+. The van der Waals surface area contributed by atoms with Crippen LogP contribution in [-0.2, 0) is 10.8 Å². The number of carboxylic acids is 1. The molecular weight excluding hydrogens is 350 g/mol. The van der Waals surface area contributed by atoms with Gasteiger partial charge in [0.15, 0.2) is 0 Å². The highest BCUT2D eigenvalue weighted by Crippen LogP contribution is 2.45. The zero-order valence-electron chi connectivity index (χ0n) is 16.9. The second kappa shape index (κ2) is 7.27. The van der Waals surface area contributed by atoms with E-state index in [9.17, 15) is 10.0 Å². The van der Waals surface area contributed by atoms with Gasteiger partial charge in [0.25, 0.3) is 0 Å². The Morgan fingerprint density at radius 2 is 1.50 bits per heavy atom. The SMILES string of the molecule is CC1(C)CCC(C)(C)c2cc(C(/C=C/c3ccc(C(=O)O)cc3)=N/O)ccc21. The molecule has 0 fully saturated rings. The van der Waals surface area contributed by atoms with Crippen LogP contribution in [0.3, 0.4) is 0 Å². The molecule has 0 unspecified atom stereocenters.